The smallest absolute Gasteiger partial charge is 0.120 e. The fourth-order valence-corrected chi connectivity index (χ4v) is 2.72. The Hall–Kier alpha value is -1.02. The van der Waals surface area contributed by atoms with E-state index in [9.17, 15) is 5.11 Å². The second kappa shape index (κ2) is 4.46. The van der Waals surface area contributed by atoms with Gasteiger partial charge in [0.1, 0.15) is 5.75 Å². The lowest BCUT2D eigenvalue weighted by molar-refractivity contribution is 0.201. The van der Waals surface area contributed by atoms with E-state index in [1.165, 1.54) is 18.4 Å². The molecule has 1 aromatic rings. The molecule has 1 heterocycles. The maximum absolute atomic E-state index is 9.93. The van der Waals surface area contributed by atoms with Crippen molar-refractivity contribution < 1.29 is 5.11 Å². The summed E-state index contributed by atoms with van der Waals surface area (Å²) in [7, 11) is 0. The standard InChI is InChI=1S/C14H21NO/c1-10-6-7-14(16)13(9-10)12(3)15-8-4-5-11(15)2/h6-7,9,11-12,16H,4-5,8H2,1-3H3. The van der Waals surface area contributed by atoms with Crippen LogP contribution < -0.4 is 0 Å². The molecule has 0 radical (unpaired) electrons. The molecule has 0 amide bonds. The van der Waals surface area contributed by atoms with E-state index < -0.39 is 0 Å². The van der Waals surface area contributed by atoms with Crippen molar-refractivity contribution in [1.29, 1.82) is 0 Å². The van der Waals surface area contributed by atoms with Gasteiger partial charge < -0.3 is 5.11 Å². The van der Waals surface area contributed by atoms with Crippen LogP contribution in [-0.2, 0) is 0 Å². The molecular formula is C14H21NO. The molecule has 0 bridgehead atoms. The first-order chi connectivity index (χ1) is 7.59. The van der Waals surface area contributed by atoms with Crippen molar-refractivity contribution >= 4 is 0 Å². The normalized spacial score (nSPS) is 23.6. The minimum atomic E-state index is 0.317. The molecule has 1 aromatic carbocycles. The van der Waals surface area contributed by atoms with Crippen molar-refractivity contribution in [2.75, 3.05) is 6.54 Å². The largest absolute Gasteiger partial charge is 0.508 e. The second-order valence-electron chi connectivity index (χ2n) is 4.97. The van der Waals surface area contributed by atoms with Gasteiger partial charge in [0.2, 0.25) is 0 Å². The Kier molecular flexibility index (Phi) is 3.20. The zero-order chi connectivity index (χ0) is 11.7. The number of hydrogen-bond acceptors (Lipinski definition) is 2. The molecular weight excluding hydrogens is 198 g/mol. The van der Waals surface area contributed by atoms with Gasteiger partial charge in [-0.3, -0.25) is 4.90 Å². The summed E-state index contributed by atoms with van der Waals surface area (Å²) < 4.78 is 0. The topological polar surface area (TPSA) is 23.5 Å². The molecule has 1 aliphatic heterocycles. The van der Waals surface area contributed by atoms with Crippen LogP contribution in [0.5, 0.6) is 5.75 Å². The first kappa shape index (κ1) is 11.5. The predicted octanol–water partition coefficient (Wildman–Crippen LogP) is 3.25. The van der Waals surface area contributed by atoms with Crippen molar-refractivity contribution in [2.45, 2.75) is 45.7 Å². The van der Waals surface area contributed by atoms with E-state index in [2.05, 4.69) is 31.7 Å². The van der Waals surface area contributed by atoms with Crippen LogP contribution in [0.15, 0.2) is 18.2 Å². The fourth-order valence-electron chi connectivity index (χ4n) is 2.72. The maximum atomic E-state index is 9.93. The van der Waals surface area contributed by atoms with E-state index in [4.69, 9.17) is 0 Å². The van der Waals surface area contributed by atoms with Gasteiger partial charge in [-0.2, -0.15) is 0 Å². The summed E-state index contributed by atoms with van der Waals surface area (Å²) in [6.07, 6.45) is 2.55. The summed E-state index contributed by atoms with van der Waals surface area (Å²) in [4.78, 5) is 2.48. The maximum Gasteiger partial charge on any atom is 0.120 e. The number of nitrogens with zero attached hydrogens (tertiary/aromatic N) is 1. The Morgan fingerprint density at radius 1 is 1.44 bits per heavy atom. The highest BCUT2D eigenvalue weighted by Crippen LogP contribution is 2.33. The van der Waals surface area contributed by atoms with Crippen LogP contribution in [0.1, 0.15) is 43.9 Å². The number of aromatic hydroxyl groups is 1. The van der Waals surface area contributed by atoms with Gasteiger partial charge in [0.25, 0.3) is 0 Å². The Balaban J connectivity index is 2.25. The lowest BCUT2D eigenvalue weighted by Gasteiger charge is -2.29. The first-order valence-corrected chi connectivity index (χ1v) is 6.15. The summed E-state index contributed by atoms with van der Waals surface area (Å²) in [5, 5.41) is 9.93. The number of hydrogen-bond donors (Lipinski definition) is 1. The molecule has 2 heteroatoms. The van der Waals surface area contributed by atoms with Gasteiger partial charge in [-0.1, -0.05) is 17.7 Å². The van der Waals surface area contributed by atoms with Crippen LogP contribution in [0, 0.1) is 6.92 Å². The average Bonchev–Trinajstić information content (AvgIpc) is 2.67. The molecule has 0 aromatic heterocycles. The summed E-state index contributed by atoms with van der Waals surface area (Å²) >= 11 is 0. The van der Waals surface area contributed by atoms with Crippen LogP contribution in [0.3, 0.4) is 0 Å². The van der Waals surface area contributed by atoms with Gasteiger partial charge in [-0.25, -0.2) is 0 Å². The quantitative estimate of drug-likeness (QED) is 0.825. The molecule has 2 nitrogen and oxygen atoms in total. The van der Waals surface area contributed by atoms with E-state index in [1.807, 2.05) is 12.1 Å². The molecule has 0 saturated carbocycles. The number of benzene rings is 1. The zero-order valence-corrected chi connectivity index (χ0v) is 10.4. The third kappa shape index (κ3) is 2.07. The van der Waals surface area contributed by atoms with Crippen molar-refractivity contribution in [2.24, 2.45) is 0 Å². The minimum Gasteiger partial charge on any atom is -0.508 e. The van der Waals surface area contributed by atoms with Crippen molar-refractivity contribution in [3.05, 3.63) is 29.3 Å². The summed E-state index contributed by atoms with van der Waals surface area (Å²) in [6.45, 7) is 7.69. The number of likely N-dealkylation sites (tertiary alicyclic amines) is 1. The molecule has 88 valence electrons. The molecule has 16 heavy (non-hydrogen) atoms. The molecule has 1 fully saturated rings. The monoisotopic (exact) mass is 219 g/mol. The highest BCUT2D eigenvalue weighted by molar-refractivity contribution is 5.37. The highest BCUT2D eigenvalue weighted by Gasteiger charge is 2.27. The van der Waals surface area contributed by atoms with Crippen molar-refractivity contribution in [3.63, 3.8) is 0 Å². The molecule has 1 aliphatic rings. The lowest BCUT2D eigenvalue weighted by Crippen LogP contribution is -2.29. The van der Waals surface area contributed by atoms with E-state index in [0.29, 0.717) is 17.8 Å². The predicted molar refractivity (Wildman–Crippen MR) is 66.7 cm³/mol. The summed E-state index contributed by atoms with van der Waals surface area (Å²) in [6, 6.07) is 6.82. The van der Waals surface area contributed by atoms with Gasteiger partial charge in [-0.05, 0) is 46.2 Å². The van der Waals surface area contributed by atoms with Gasteiger partial charge >= 0.3 is 0 Å². The average molecular weight is 219 g/mol. The molecule has 1 N–H and O–H groups in total. The number of aryl methyl sites for hydroxylation is 1. The fraction of sp³-hybridized carbons (Fsp3) is 0.571. The molecule has 0 aliphatic carbocycles. The van der Waals surface area contributed by atoms with Crippen molar-refractivity contribution in [3.8, 4) is 5.75 Å². The third-order valence-electron chi connectivity index (χ3n) is 3.73. The molecule has 0 spiro atoms. The van der Waals surface area contributed by atoms with Crippen LogP contribution in [0.4, 0.5) is 0 Å². The Morgan fingerprint density at radius 3 is 2.81 bits per heavy atom. The third-order valence-corrected chi connectivity index (χ3v) is 3.73. The highest BCUT2D eigenvalue weighted by atomic mass is 16.3. The lowest BCUT2D eigenvalue weighted by atomic mass is 10.0. The van der Waals surface area contributed by atoms with E-state index in [-0.39, 0.29) is 0 Å². The van der Waals surface area contributed by atoms with E-state index in [0.717, 1.165) is 12.1 Å². The zero-order valence-electron chi connectivity index (χ0n) is 10.4. The molecule has 2 rings (SSSR count). The first-order valence-electron chi connectivity index (χ1n) is 6.15. The number of rotatable bonds is 2. The van der Waals surface area contributed by atoms with Gasteiger partial charge in [0, 0.05) is 17.6 Å². The Morgan fingerprint density at radius 2 is 2.19 bits per heavy atom. The molecule has 2 atom stereocenters. The summed E-state index contributed by atoms with van der Waals surface area (Å²) in [5.41, 5.74) is 2.28. The SMILES string of the molecule is Cc1ccc(O)c(C(C)N2CCCC2C)c1. The van der Waals surface area contributed by atoms with E-state index >= 15 is 0 Å². The van der Waals surface area contributed by atoms with Gasteiger partial charge in [0.15, 0.2) is 0 Å². The van der Waals surface area contributed by atoms with Gasteiger partial charge in [-0.15, -0.1) is 0 Å². The van der Waals surface area contributed by atoms with Crippen LogP contribution in [0.25, 0.3) is 0 Å². The molecule has 1 saturated heterocycles. The Labute approximate surface area is 97.9 Å². The van der Waals surface area contributed by atoms with Gasteiger partial charge in [0.05, 0.1) is 0 Å². The van der Waals surface area contributed by atoms with Crippen LogP contribution in [-0.4, -0.2) is 22.6 Å². The number of phenols is 1. The number of phenolic OH excluding ortho intramolecular Hbond substituents is 1. The van der Waals surface area contributed by atoms with Crippen LogP contribution in [0.2, 0.25) is 0 Å². The molecule has 2 unspecified atom stereocenters. The van der Waals surface area contributed by atoms with Crippen LogP contribution >= 0.6 is 0 Å². The summed E-state index contributed by atoms with van der Waals surface area (Å²) in [5.74, 6) is 0.428. The van der Waals surface area contributed by atoms with Crippen molar-refractivity contribution in [1.82, 2.24) is 4.90 Å². The second-order valence-corrected chi connectivity index (χ2v) is 4.97. The minimum absolute atomic E-state index is 0.317. The van der Waals surface area contributed by atoms with E-state index in [1.54, 1.807) is 0 Å². The Bertz CT molecular complexity index is 375.